The maximum Gasteiger partial charge on any atom is 0.193 e. The minimum absolute atomic E-state index is 0.0990. The van der Waals surface area contributed by atoms with Gasteiger partial charge < -0.3 is 5.32 Å². The molecule has 2 aromatic carbocycles. The van der Waals surface area contributed by atoms with Crippen molar-refractivity contribution >= 4 is 5.78 Å². The van der Waals surface area contributed by atoms with Crippen LogP contribution in [0.1, 0.15) is 60.0 Å². The molecule has 1 aliphatic rings. The van der Waals surface area contributed by atoms with Crippen LogP contribution in [0.4, 0.5) is 0 Å². The van der Waals surface area contributed by atoms with E-state index in [1.54, 1.807) is 0 Å². The second-order valence-corrected chi connectivity index (χ2v) is 6.46. The Kier molecular flexibility index (Phi) is 5.60. The average Bonchev–Trinajstić information content (AvgIpc) is 2.89. The number of ketones is 1. The van der Waals surface area contributed by atoms with E-state index < -0.39 is 0 Å². The average molecular weight is 307 g/mol. The third kappa shape index (κ3) is 4.52. The number of carbonyl (C=O) groups excluding carboxylic acids is 1. The van der Waals surface area contributed by atoms with E-state index in [9.17, 15) is 4.79 Å². The number of hydrogen-bond acceptors (Lipinski definition) is 2. The van der Waals surface area contributed by atoms with Crippen LogP contribution < -0.4 is 5.32 Å². The summed E-state index contributed by atoms with van der Waals surface area (Å²) in [7, 11) is 0. The highest BCUT2D eigenvalue weighted by Gasteiger charge is 2.12. The molecule has 0 unspecified atom stereocenters. The maximum atomic E-state index is 12.5. The van der Waals surface area contributed by atoms with Crippen LogP contribution >= 0.6 is 0 Å². The fourth-order valence-electron chi connectivity index (χ4n) is 3.32. The molecule has 1 N–H and O–H groups in total. The van der Waals surface area contributed by atoms with E-state index in [1.165, 1.54) is 44.1 Å². The summed E-state index contributed by atoms with van der Waals surface area (Å²) >= 11 is 0. The first kappa shape index (κ1) is 15.9. The lowest BCUT2D eigenvalue weighted by Crippen LogP contribution is -2.27. The largest absolute Gasteiger partial charge is 0.310 e. The Morgan fingerprint density at radius 2 is 1.57 bits per heavy atom. The molecule has 0 heterocycles. The van der Waals surface area contributed by atoms with Crippen LogP contribution in [0.25, 0.3) is 0 Å². The zero-order valence-corrected chi connectivity index (χ0v) is 13.6. The Morgan fingerprint density at radius 1 is 0.870 bits per heavy atom. The molecule has 0 saturated heterocycles. The third-order valence-electron chi connectivity index (χ3n) is 4.68. The highest BCUT2D eigenvalue weighted by Crippen LogP contribution is 2.18. The highest BCUT2D eigenvalue weighted by atomic mass is 16.1. The molecule has 0 radical (unpaired) electrons. The quantitative estimate of drug-likeness (QED) is 0.639. The van der Waals surface area contributed by atoms with E-state index in [1.807, 2.05) is 48.5 Å². The summed E-state index contributed by atoms with van der Waals surface area (Å²) in [6.45, 7) is 0.848. The van der Waals surface area contributed by atoms with Crippen molar-refractivity contribution in [3.8, 4) is 0 Å². The van der Waals surface area contributed by atoms with Crippen LogP contribution in [-0.2, 0) is 6.54 Å². The van der Waals surface area contributed by atoms with Gasteiger partial charge in [0.1, 0.15) is 0 Å². The molecule has 3 rings (SSSR count). The van der Waals surface area contributed by atoms with Crippen molar-refractivity contribution < 1.29 is 4.79 Å². The molecule has 0 spiro atoms. The topological polar surface area (TPSA) is 29.1 Å². The summed E-state index contributed by atoms with van der Waals surface area (Å²) in [4.78, 5) is 12.5. The summed E-state index contributed by atoms with van der Waals surface area (Å²) < 4.78 is 0. The van der Waals surface area contributed by atoms with Crippen molar-refractivity contribution in [2.45, 2.75) is 51.1 Å². The Morgan fingerprint density at radius 3 is 2.30 bits per heavy atom. The van der Waals surface area contributed by atoms with Crippen LogP contribution in [0.5, 0.6) is 0 Å². The first-order valence-electron chi connectivity index (χ1n) is 8.75. The Balaban J connectivity index is 1.64. The monoisotopic (exact) mass is 307 g/mol. The van der Waals surface area contributed by atoms with Crippen LogP contribution in [-0.4, -0.2) is 11.8 Å². The summed E-state index contributed by atoms with van der Waals surface area (Å²) in [6, 6.07) is 18.2. The van der Waals surface area contributed by atoms with Crippen molar-refractivity contribution in [1.29, 1.82) is 0 Å². The van der Waals surface area contributed by atoms with Gasteiger partial charge in [0.25, 0.3) is 0 Å². The van der Waals surface area contributed by atoms with Gasteiger partial charge in [0.15, 0.2) is 5.78 Å². The minimum atomic E-state index is 0.0990. The summed E-state index contributed by atoms with van der Waals surface area (Å²) in [6.07, 6.45) is 7.98. The van der Waals surface area contributed by atoms with Gasteiger partial charge in [0.05, 0.1) is 0 Å². The molecular formula is C21H25NO. The predicted molar refractivity (Wildman–Crippen MR) is 94.6 cm³/mol. The van der Waals surface area contributed by atoms with Gasteiger partial charge in [0.2, 0.25) is 0 Å². The van der Waals surface area contributed by atoms with E-state index in [4.69, 9.17) is 0 Å². The number of rotatable bonds is 5. The van der Waals surface area contributed by atoms with Crippen LogP contribution in [0, 0.1) is 0 Å². The Labute approximate surface area is 138 Å². The normalized spacial score (nSPS) is 16.0. The van der Waals surface area contributed by atoms with Gasteiger partial charge in [0, 0.05) is 23.7 Å². The molecule has 2 nitrogen and oxygen atoms in total. The Hall–Kier alpha value is -1.93. The second-order valence-electron chi connectivity index (χ2n) is 6.46. The molecule has 0 atom stereocenters. The lowest BCUT2D eigenvalue weighted by atomic mass is 10.0. The number of nitrogens with one attached hydrogen (secondary N) is 1. The van der Waals surface area contributed by atoms with Crippen molar-refractivity contribution in [2.75, 3.05) is 0 Å². The van der Waals surface area contributed by atoms with Gasteiger partial charge >= 0.3 is 0 Å². The molecule has 1 saturated carbocycles. The van der Waals surface area contributed by atoms with E-state index in [-0.39, 0.29) is 5.78 Å². The van der Waals surface area contributed by atoms with Gasteiger partial charge in [-0.3, -0.25) is 4.79 Å². The zero-order chi connectivity index (χ0) is 15.9. The van der Waals surface area contributed by atoms with Crippen LogP contribution in [0.2, 0.25) is 0 Å². The molecule has 2 aromatic rings. The van der Waals surface area contributed by atoms with E-state index >= 15 is 0 Å². The molecule has 1 fully saturated rings. The van der Waals surface area contributed by atoms with Gasteiger partial charge in [-0.2, -0.15) is 0 Å². The summed E-state index contributed by atoms with van der Waals surface area (Å²) in [5.41, 5.74) is 2.72. The molecule has 0 aliphatic heterocycles. The highest BCUT2D eigenvalue weighted by molar-refractivity contribution is 6.09. The SMILES string of the molecule is O=C(c1ccccc1)c1cccc(CNC2CCCCCC2)c1. The standard InChI is InChI=1S/C21H25NO/c23-21(18-10-4-3-5-11-18)19-12-8-9-17(15-19)16-22-20-13-6-1-2-7-14-20/h3-5,8-12,15,20,22H,1-2,6-7,13-14,16H2. The Bertz CT molecular complexity index is 627. The summed E-state index contributed by atoms with van der Waals surface area (Å²) in [5, 5.41) is 3.67. The van der Waals surface area contributed by atoms with E-state index in [0.717, 1.165) is 17.7 Å². The van der Waals surface area contributed by atoms with Gasteiger partial charge in [-0.25, -0.2) is 0 Å². The molecular weight excluding hydrogens is 282 g/mol. The predicted octanol–water partition coefficient (Wildman–Crippen LogP) is 4.73. The number of benzene rings is 2. The lowest BCUT2D eigenvalue weighted by Gasteiger charge is -2.16. The van der Waals surface area contributed by atoms with Gasteiger partial charge in [-0.1, -0.05) is 74.2 Å². The molecule has 2 heteroatoms. The molecule has 0 bridgehead atoms. The smallest absolute Gasteiger partial charge is 0.193 e. The van der Waals surface area contributed by atoms with Crippen molar-refractivity contribution in [3.05, 3.63) is 71.3 Å². The molecule has 1 aliphatic carbocycles. The minimum Gasteiger partial charge on any atom is -0.310 e. The number of hydrogen-bond donors (Lipinski definition) is 1. The first-order chi connectivity index (χ1) is 11.3. The van der Waals surface area contributed by atoms with Crippen LogP contribution in [0.3, 0.4) is 0 Å². The van der Waals surface area contributed by atoms with Crippen molar-refractivity contribution in [3.63, 3.8) is 0 Å². The third-order valence-corrected chi connectivity index (χ3v) is 4.68. The van der Waals surface area contributed by atoms with Gasteiger partial charge in [-0.15, -0.1) is 0 Å². The fourth-order valence-corrected chi connectivity index (χ4v) is 3.32. The van der Waals surface area contributed by atoms with E-state index in [0.29, 0.717) is 6.04 Å². The number of carbonyl (C=O) groups is 1. The van der Waals surface area contributed by atoms with Gasteiger partial charge in [-0.05, 0) is 24.5 Å². The molecule has 120 valence electrons. The van der Waals surface area contributed by atoms with Crippen LogP contribution in [0.15, 0.2) is 54.6 Å². The molecule has 23 heavy (non-hydrogen) atoms. The molecule has 0 amide bonds. The summed E-state index contributed by atoms with van der Waals surface area (Å²) in [5.74, 6) is 0.0990. The molecule has 0 aromatic heterocycles. The van der Waals surface area contributed by atoms with E-state index in [2.05, 4.69) is 11.4 Å². The fraction of sp³-hybridized carbons (Fsp3) is 0.381. The zero-order valence-electron chi connectivity index (χ0n) is 13.6. The van der Waals surface area contributed by atoms with Crippen molar-refractivity contribution in [2.24, 2.45) is 0 Å². The second kappa shape index (κ2) is 8.07. The first-order valence-corrected chi connectivity index (χ1v) is 8.75. The maximum absolute atomic E-state index is 12.5. The lowest BCUT2D eigenvalue weighted by molar-refractivity contribution is 0.103. The van der Waals surface area contributed by atoms with Crippen molar-refractivity contribution in [1.82, 2.24) is 5.32 Å².